The number of ketones is 1. The van der Waals surface area contributed by atoms with Gasteiger partial charge in [-0.1, -0.05) is 0 Å². The van der Waals surface area contributed by atoms with Crippen molar-refractivity contribution in [1.82, 2.24) is 24.8 Å². The molecule has 5 heterocycles. The number of fused-ring (bicyclic) bond motifs is 2. The number of anilines is 1. The van der Waals surface area contributed by atoms with Gasteiger partial charge in [-0.2, -0.15) is 0 Å². The highest BCUT2D eigenvalue weighted by Crippen LogP contribution is 2.25. The first-order chi connectivity index (χ1) is 16.4. The van der Waals surface area contributed by atoms with E-state index in [1.54, 1.807) is 13.1 Å². The zero-order valence-corrected chi connectivity index (χ0v) is 18.3. The van der Waals surface area contributed by atoms with Crippen molar-refractivity contribution < 1.29 is 23.5 Å². The van der Waals surface area contributed by atoms with Gasteiger partial charge in [-0.15, -0.1) is 0 Å². The lowest BCUT2D eigenvalue weighted by atomic mass is 10.1. The van der Waals surface area contributed by atoms with E-state index in [-0.39, 0.29) is 36.7 Å². The predicted octanol–water partition coefficient (Wildman–Crippen LogP) is 0.524. The second-order valence-electron chi connectivity index (χ2n) is 8.10. The van der Waals surface area contributed by atoms with Crippen molar-refractivity contribution in [1.29, 1.82) is 0 Å². The van der Waals surface area contributed by atoms with Crippen LogP contribution < -0.4 is 20.5 Å². The van der Waals surface area contributed by atoms with E-state index in [0.717, 1.165) is 6.20 Å². The quantitative estimate of drug-likeness (QED) is 0.515. The van der Waals surface area contributed by atoms with Crippen LogP contribution >= 0.6 is 0 Å². The van der Waals surface area contributed by atoms with Crippen molar-refractivity contribution in [3.63, 3.8) is 0 Å². The number of rotatable bonds is 6. The molecule has 1 atom stereocenters. The van der Waals surface area contributed by atoms with Gasteiger partial charge >= 0.3 is 6.09 Å². The van der Waals surface area contributed by atoms with E-state index in [2.05, 4.69) is 20.3 Å². The summed E-state index contributed by atoms with van der Waals surface area (Å²) in [6.45, 7) is 0.947. The summed E-state index contributed by atoms with van der Waals surface area (Å²) < 4.78 is 26.5. The molecular formula is C22H21FN6O5. The summed E-state index contributed by atoms with van der Waals surface area (Å²) in [4.78, 5) is 49.8. The van der Waals surface area contributed by atoms with Gasteiger partial charge in [-0.3, -0.25) is 19.5 Å². The molecule has 2 aliphatic rings. The van der Waals surface area contributed by atoms with Gasteiger partial charge in [0.15, 0.2) is 11.6 Å². The molecule has 3 aromatic heterocycles. The van der Waals surface area contributed by atoms with Gasteiger partial charge in [-0.25, -0.2) is 19.2 Å². The van der Waals surface area contributed by atoms with Crippen LogP contribution in [-0.2, 0) is 29.4 Å². The van der Waals surface area contributed by atoms with Crippen LogP contribution in [-0.4, -0.2) is 63.7 Å². The van der Waals surface area contributed by atoms with E-state index >= 15 is 0 Å². The van der Waals surface area contributed by atoms with E-state index in [0.29, 0.717) is 47.7 Å². The van der Waals surface area contributed by atoms with Crippen LogP contribution in [0.25, 0.3) is 11.0 Å². The van der Waals surface area contributed by atoms with Crippen molar-refractivity contribution in [3.8, 4) is 5.88 Å². The summed E-state index contributed by atoms with van der Waals surface area (Å²) >= 11 is 0. The number of aryl methyl sites for hydroxylation is 1. The molecule has 0 aromatic carbocycles. The van der Waals surface area contributed by atoms with E-state index in [9.17, 15) is 18.8 Å². The average Bonchev–Trinajstić information content (AvgIpc) is 3.20. The van der Waals surface area contributed by atoms with Crippen molar-refractivity contribution >= 4 is 28.7 Å². The Hall–Kier alpha value is -3.93. The Kier molecular flexibility index (Phi) is 5.65. The van der Waals surface area contributed by atoms with Crippen LogP contribution in [0.4, 0.5) is 15.0 Å². The van der Waals surface area contributed by atoms with E-state index in [4.69, 9.17) is 9.47 Å². The fraction of sp³-hybridized carbons (Fsp3) is 0.364. The van der Waals surface area contributed by atoms with Crippen LogP contribution in [0.5, 0.6) is 5.88 Å². The maximum absolute atomic E-state index is 14.5. The van der Waals surface area contributed by atoms with E-state index < -0.39 is 18.0 Å². The molecule has 176 valence electrons. The molecular weight excluding hydrogens is 447 g/mol. The number of pyridine rings is 2. The third kappa shape index (κ3) is 4.07. The first-order valence-electron chi connectivity index (χ1n) is 10.7. The molecule has 2 aliphatic heterocycles. The summed E-state index contributed by atoms with van der Waals surface area (Å²) in [7, 11) is 1.58. The molecule has 0 spiro atoms. The molecule has 12 heteroatoms. The molecule has 11 nitrogen and oxygen atoms in total. The number of Topliss-reactive ketones (excluding diaryl/α,β-unsaturated/α-hetero) is 1. The van der Waals surface area contributed by atoms with Gasteiger partial charge in [0.25, 0.3) is 5.56 Å². The SMILES string of the molecule is Cn1c(=O)ccc2ncc(F)c(CCNC[C@H]3CN(c4cnc5c(n4)CC(=O)CO5)C(=O)O3)c21. The maximum atomic E-state index is 14.5. The number of carbonyl (C=O) groups excluding carboxylic acids is 2. The lowest BCUT2D eigenvalue weighted by Gasteiger charge is -2.17. The Labute approximate surface area is 192 Å². The Morgan fingerprint density at radius 3 is 2.91 bits per heavy atom. The van der Waals surface area contributed by atoms with Crippen molar-refractivity contribution in [2.45, 2.75) is 18.9 Å². The summed E-state index contributed by atoms with van der Waals surface area (Å²) in [5, 5.41) is 3.17. The largest absolute Gasteiger partial charge is 0.468 e. The maximum Gasteiger partial charge on any atom is 0.416 e. The third-order valence-electron chi connectivity index (χ3n) is 5.79. The predicted molar refractivity (Wildman–Crippen MR) is 117 cm³/mol. The minimum absolute atomic E-state index is 0.0317. The standard InChI is InChI=1S/C22H21FN6O5/c1-28-19(31)3-2-16-20(28)14(15(23)8-25-16)4-5-24-7-13-10-29(22(32)34-13)18-9-26-21-17(27-18)6-12(30)11-33-21/h2-3,8-9,13,24H,4-7,10-11H2,1H3/t13-/m0/s1. The first-order valence-corrected chi connectivity index (χ1v) is 10.7. The molecule has 1 saturated heterocycles. The first kappa shape index (κ1) is 21.9. The topological polar surface area (TPSA) is 129 Å². The zero-order valence-electron chi connectivity index (χ0n) is 18.3. The van der Waals surface area contributed by atoms with Gasteiger partial charge in [-0.05, 0) is 19.0 Å². The Morgan fingerprint density at radius 1 is 1.21 bits per heavy atom. The summed E-state index contributed by atoms with van der Waals surface area (Å²) in [6.07, 6.45) is 1.97. The monoisotopic (exact) mass is 468 g/mol. The van der Waals surface area contributed by atoms with Crippen LogP contribution in [0.1, 0.15) is 11.3 Å². The molecule has 1 fully saturated rings. The molecule has 3 aromatic rings. The minimum atomic E-state index is -0.565. The normalized spacial score (nSPS) is 17.6. The number of cyclic esters (lactones) is 1. The van der Waals surface area contributed by atoms with Gasteiger partial charge in [0.2, 0.25) is 5.88 Å². The number of nitrogens with one attached hydrogen (secondary N) is 1. The summed E-state index contributed by atoms with van der Waals surface area (Å²) in [5.41, 5.74) is 1.54. The molecule has 0 radical (unpaired) electrons. The molecule has 1 amide bonds. The number of ether oxygens (including phenoxy) is 2. The fourth-order valence-electron chi connectivity index (χ4n) is 4.09. The molecule has 1 N–H and O–H groups in total. The summed E-state index contributed by atoms with van der Waals surface area (Å²) in [5.74, 6) is -0.00999. The number of hydrogen-bond acceptors (Lipinski definition) is 9. The van der Waals surface area contributed by atoms with Crippen LogP contribution in [0.15, 0.2) is 29.3 Å². The number of amides is 1. The Balaban J connectivity index is 1.21. The highest BCUT2D eigenvalue weighted by atomic mass is 19.1. The van der Waals surface area contributed by atoms with Crippen molar-refractivity contribution in [2.75, 3.05) is 31.1 Å². The van der Waals surface area contributed by atoms with Crippen LogP contribution in [0.3, 0.4) is 0 Å². The lowest BCUT2D eigenvalue weighted by molar-refractivity contribution is -0.121. The molecule has 0 aliphatic carbocycles. The van der Waals surface area contributed by atoms with Crippen LogP contribution in [0.2, 0.25) is 0 Å². The molecule has 0 unspecified atom stereocenters. The highest BCUT2D eigenvalue weighted by molar-refractivity contribution is 5.89. The average molecular weight is 468 g/mol. The minimum Gasteiger partial charge on any atom is -0.468 e. The van der Waals surface area contributed by atoms with Gasteiger partial charge in [0.05, 0.1) is 36.4 Å². The molecule has 0 saturated carbocycles. The number of carbonyl (C=O) groups is 2. The molecule has 0 bridgehead atoms. The third-order valence-corrected chi connectivity index (χ3v) is 5.79. The van der Waals surface area contributed by atoms with Crippen molar-refractivity contribution in [3.05, 3.63) is 52.0 Å². The Bertz CT molecular complexity index is 1360. The number of nitrogens with zero attached hydrogens (tertiary/aromatic N) is 5. The van der Waals surface area contributed by atoms with Crippen LogP contribution in [0, 0.1) is 5.82 Å². The lowest BCUT2D eigenvalue weighted by Crippen LogP contribution is -2.32. The second kappa shape index (κ2) is 8.78. The van der Waals surface area contributed by atoms with Gasteiger partial charge in [0.1, 0.15) is 24.2 Å². The Morgan fingerprint density at radius 2 is 2.06 bits per heavy atom. The molecule has 5 rings (SSSR count). The number of halogens is 1. The van der Waals surface area contributed by atoms with Gasteiger partial charge in [0, 0.05) is 25.2 Å². The zero-order chi connectivity index (χ0) is 23.8. The van der Waals surface area contributed by atoms with E-state index in [1.807, 2.05) is 0 Å². The summed E-state index contributed by atoms with van der Waals surface area (Å²) in [6, 6.07) is 2.97. The highest BCUT2D eigenvalue weighted by Gasteiger charge is 2.34. The second-order valence-corrected chi connectivity index (χ2v) is 8.10. The number of aromatic nitrogens is 4. The fourth-order valence-corrected chi connectivity index (χ4v) is 4.09. The number of hydrogen-bond donors (Lipinski definition) is 1. The van der Waals surface area contributed by atoms with E-state index in [1.165, 1.54) is 21.7 Å². The molecule has 34 heavy (non-hydrogen) atoms. The van der Waals surface area contributed by atoms with Crippen molar-refractivity contribution in [2.24, 2.45) is 7.05 Å². The smallest absolute Gasteiger partial charge is 0.416 e. The van der Waals surface area contributed by atoms with Gasteiger partial charge < -0.3 is 19.4 Å².